The smallest absolute Gasteiger partial charge is 0.222 e. The number of likely N-dealkylation sites (tertiary alicyclic amines) is 1. The zero-order valence-corrected chi connectivity index (χ0v) is 13.3. The molecule has 23 heavy (non-hydrogen) atoms. The summed E-state index contributed by atoms with van der Waals surface area (Å²) in [5, 5.41) is 3.35. The van der Waals surface area contributed by atoms with Crippen molar-refractivity contribution < 1.29 is 4.39 Å². The zero-order valence-electron chi connectivity index (χ0n) is 13.3. The van der Waals surface area contributed by atoms with E-state index < -0.39 is 0 Å². The molecule has 0 bridgehead atoms. The Kier molecular flexibility index (Phi) is 4.71. The molecule has 2 heterocycles. The van der Waals surface area contributed by atoms with Gasteiger partial charge in [-0.2, -0.15) is 4.98 Å². The van der Waals surface area contributed by atoms with E-state index in [0.717, 1.165) is 30.2 Å². The van der Waals surface area contributed by atoms with E-state index in [1.54, 1.807) is 0 Å². The van der Waals surface area contributed by atoms with E-state index in [-0.39, 0.29) is 17.8 Å². The Labute approximate surface area is 135 Å². The predicted octanol–water partition coefficient (Wildman–Crippen LogP) is 2.76. The Morgan fingerprint density at radius 2 is 1.91 bits per heavy atom. The minimum Gasteiger partial charge on any atom is -0.368 e. The zero-order chi connectivity index (χ0) is 16.2. The number of nitrogens with one attached hydrogen (secondary N) is 1. The van der Waals surface area contributed by atoms with Crippen molar-refractivity contribution in [3.63, 3.8) is 0 Å². The van der Waals surface area contributed by atoms with E-state index in [2.05, 4.69) is 20.2 Å². The number of hydrogen-bond acceptors (Lipinski definition) is 5. The van der Waals surface area contributed by atoms with Crippen LogP contribution in [-0.2, 0) is 0 Å². The number of rotatable bonds is 5. The highest BCUT2D eigenvalue weighted by Gasteiger charge is 2.23. The van der Waals surface area contributed by atoms with Crippen LogP contribution in [-0.4, -0.2) is 34.5 Å². The molecule has 1 atom stereocenters. The molecular weight excluding hydrogens is 293 g/mol. The predicted molar refractivity (Wildman–Crippen MR) is 89.6 cm³/mol. The van der Waals surface area contributed by atoms with E-state index >= 15 is 0 Å². The highest BCUT2D eigenvalue weighted by molar-refractivity contribution is 5.40. The summed E-state index contributed by atoms with van der Waals surface area (Å²) in [4.78, 5) is 10.7. The molecule has 1 aromatic heterocycles. The molecule has 6 heteroatoms. The van der Waals surface area contributed by atoms with Gasteiger partial charge in [0.05, 0.1) is 6.04 Å². The molecule has 1 saturated heterocycles. The topological polar surface area (TPSA) is 67.1 Å². The van der Waals surface area contributed by atoms with Crippen molar-refractivity contribution in [2.75, 3.05) is 30.7 Å². The van der Waals surface area contributed by atoms with Crippen molar-refractivity contribution in [3.05, 3.63) is 47.4 Å². The van der Waals surface area contributed by atoms with Crippen molar-refractivity contribution in [2.24, 2.45) is 0 Å². The van der Waals surface area contributed by atoms with E-state index in [1.807, 2.05) is 25.1 Å². The fourth-order valence-corrected chi connectivity index (χ4v) is 3.08. The summed E-state index contributed by atoms with van der Waals surface area (Å²) in [6.07, 6.45) is 2.41. The van der Waals surface area contributed by atoms with Crippen molar-refractivity contribution in [1.82, 2.24) is 14.9 Å². The summed E-state index contributed by atoms with van der Waals surface area (Å²) in [5.74, 6) is 0.786. The first-order valence-electron chi connectivity index (χ1n) is 7.96. The maximum Gasteiger partial charge on any atom is 0.222 e. The van der Waals surface area contributed by atoms with Gasteiger partial charge < -0.3 is 11.1 Å². The van der Waals surface area contributed by atoms with Gasteiger partial charge in [-0.25, -0.2) is 9.37 Å². The van der Waals surface area contributed by atoms with Crippen molar-refractivity contribution in [1.29, 1.82) is 0 Å². The van der Waals surface area contributed by atoms with E-state index in [9.17, 15) is 4.39 Å². The summed E-state index contributed by atoms with van der Waals surface area (Å²) in [6, 6.07) is 8.83. The lowest BCUT2D eigenvalue weighted by Crippen LogP contribution is -2.31. The quantitative estimate of drug-likeness (QED) is 0.888. The van der Waals surface area contributed by atoms with E-state index in [4.69, 9.17) is 5.73 Å². The number of aryl methyl sites for hydroxylation is 1. The highest BCUT2D eigenvalue weighted by Crippen LogP contribution is 2.26. The first kappa shape index (κ1) is 15.7. The maximum absolute atomic E-state index is 13.2. The SMILES string of the molecule is Cc1cc(NCC(c2ccc(F)cc2)N2CCCC2)nc(N)n1. The van der Waals surface area contributed by atoms with Crippen molar-refractivity contribution in [2.45, 2.75) is 25.8 Å². The Hall–Kier alpha value is -2.21. The maximum atomic E-state index is 13.2. The number of hydrogen-bond donors (Lipinski definition) is 2. The molecule has 0 radical (unpaired) electrons. The third-order valence-corrected chi connectivity index (χ3v) is 4.18. The second-order valence-corrected chi connectivity index (χ2v) is 5.94. The molecule has 1 aliphatic heterocycles. The lowest BCUT2D eigenvalue weighted by Gasteiger charge is -2.28. The van der Waals surface area contributed by atoms with Crippen LogP contribution in [0.25, 0.3) is 0 Å². The van der Waals surface area contributed by atoms with Crippen LogP contribution in [0.1, 0.15) is 30.1 Å². The van der Waals surface area contributed by atoms with Gasteiger partial charge in [-0.05, 0) is 50.6 Å². The average molecular weight is 315 g/mol. The second kappa shape index (κ2) is 6.91. The minimum atomic E-state index is -0.207. The van der Waals surface area contributed by atoms with Crippen molar-refractivity contribution >= 4 is 11.8 Å². The van der Waals surface area contributed by atoms with Crippen molar-refractivity contribution in [3.8, 4) is 0 Å². The van der Waals surface area contributed by atoms with Crippen LogP contribution in [0.5, 0.6) is 0 Å². The van der Waals surface area contributed by atoms with Gasteiger partial charge in [0.25, 0.3) is 0 Å². The lowest BCUT2D eigenvalue weighted by atomic mass is 10.1. The molecule has 0 amide bonds. The van der Waals surface area contributed by atoms with Crippen LogP contribution >= 0.6 is 0 Å². The third-order valence-electron chi connectivity index (χ3n) is 4.18. The van der Waals surface area contributed by atoms with Gasteiger partial charge in [0.1, 0.15) is 11.6 Å². The minimum absolute atomic E-state index is 0.189. The summed E-state index contributed by atoms with van der Waals surface area (Å²) < 4.78 is 13.2. The molecule has 3 N–H and O–H groups in total. The number of anilines is 2. The molecule has 1 unspecified atom stereocenters. The van der Waals surface area contributed by atoms with Crippen LogP contribution in [0.4, 0.5) is 16.2 Å². The van der Waals surface area contributed by atoms with Gasteiger partial charge in [0.15, 0.2) is 0 Å². The number of nitrogen functional groups attached to an aromatic ring is 1. The lowest BCUT2D eigenvalue weighted by molar-refractivity contribution is 0.255. The summed E-state index contributed by atoms with van der Waals surface area (Å²) in [5.41, 5.74) is 7.64. The Balaban J connectivity index is 1.76. The number of benzene rings is 1. The molecule has 5 nitrogen and oxygen atoms in total. The molecule has 3 rings (SSSR count). The van der Waals surface area contributed by atoms with Crippen LogP contribution < -0.4 is 11.1 Å². The van der Waals surface area contributed by atoms with E-state index in [0.29, 0.717) is 6.54 Å². The summed E-state index contributed by atoms with van der Waals surface area (Å²) in [6.45, 7) is 4.71. The normalized spacial score (nSPS) is 16.4. The summed E-state index contributed by atoms with van der Waals surface area (Å²) >= 11 is 0. The number of nitrogens with zero attached hydrogens (tertiary/aromatic N) is 3. The summed E-state index contributed by atoms with van der Waals surface area (Å²) in [7, 11) is 0. The molecule has 0 aliphatic carbocycles. The Bertz CT molecular complexity index is 632. The molecule has 0 spiro atoms. The molecule has 2 aromatic rings. The standard InChI is InChI=1S/C17H22FN5/c1-12-10-16(22-17(19)21-12)20-11-15(23-8-2-3-9-23)13-4-6-14(18)7-5-13/h4-7,10,15H,2-3,8-9,11H2,1H3,(H3,19,20,21,22). The van der Waals surface area contributed by atoms with Gasteiger partial charge >= 0.3 is 0 Å². The van der Waals surface area contributed by atoms with Crippen LogP contribution in [0, 0.1) is 12.7 Å². The molecule has 122 valence electrons. The van der Waals surface area contributed by atoms with Gasteiger partial charge in [-0.15, -0.1) is 0 Å². The molecule has 0 saturated carbocycles. The van der Waals surface area contributed by atoms with Crippen LogP contribution in [0.3, 0.4) is 0 Å². The average Bonchev–Trinajstić information content (AvgIpc) is 3.02. The van der Waals surface area contributed by atoms with Gasteiger partial charge in [0, 0.05) is 18.3 Å². The second-order valence-electron chi connectivity index (χ2n) is 5.94. The Morgan fingerprint density at radius 1 is 1.22 bits per heavy atom. The first-order valence-corrected chi connectivity index (χ1v) is 7.96. The highest BCUT2D eigenvalue weighted by atomic mass is 19.1. The number of aromatic nitrogens is 2. The first-order chi connectivity index (χ1) is 11.1. The molecule has 1 aromatic carbocycles. The number of halogens is 1. The molecular formula is C17H22FN5. The fraction of sp³-hybridized carbons (Fsp3) is 0.412. The number of nitrogens with two attached hydrogens (primary N) is 1. The molecule has 1 fully saturated rings. The van der Waals surface area contributed by atoms with Gasteiger partial charge in [-0.1, -0.05) is 12.1 Å². The van der Waals surface area contributed by atoms with Crippen LogP contribution in [0.15, 0.2) is 30.3 Å². The van der Waals surface area contributed by atoms with Gasteiger partial charge in [-0.3, -0.25) is 4.90 Å². The largest absolute Gasteiger partial charge is 0.368 e. The third kappa shape index (κ3) is 3.96. The van der Waals surface area contributed by atoms with Crippen LogP contribution in [0.2, 0.25) is 0 Å². The van der Waals surface area contributed by atoms with Gasteiger partial charge in [0.2, 0.25) is 5.95 Å². The monoisotopic (exact) mass is 315 g/mol. The Morgan fingerprint density at radius 3 is 2.57 bits per heavy atom. The molecule has 1 aliphatic rings. The van der Waals surface area contributed by atoms with E-state index in [1.165, 1.54) is 25.0 Å². The fourth-order valence-electron chi connectivity index (χ4n) is 3.08.